The lowest BCUT2D eigenvalue weighted by Crippen LogP contribution is -2.19. The second kappa shape index (κ2) is 9.82. The second-order valence-corrected chi connectivity index (χ2v) is 9.45. The summed E-state index contributed by atoms with van der Waals surface area (Å²) in [4.78, 5) is 11.6. The Hall–Kier alpha value is -4.19. The van der Waals surface area contributed by atoms with E-state index in [9.17, 15) is 15.1 Å². The Morgan fingerprint density at radius 3 is 2.14 bits per heavy atom. The predicted octanol–water partition coefficient (Wildman–Crippen LogP) is 6.44. The molecule has 0 saturated heterocycles. The number of carboxylic acid groups (broad SMARTS) is 1. The molecule has 0 amide bonds. The van der Waals surface area contributed by atoms with Gasteiger partial charge < -0.3 is 14.8 Å². The van der Waals surface area contributed by atoms with Crippen molar-refractivity contribution in [2.24, 2.45) is 5.16 Å². The van der Waals surface area contributed by atoms with Crippen LogP contribution in [0.2, 0.25) is 0 Å². The Balaban J connectivity index is 1.31. The second-order valence-electron chi connectivity index (χ2n) is 9.45. The molecule has 5 rings (SSSR count). The van der Waals surface area contributed by atoms with Crippen molar-refractivity contribution in [1.29, 1.82) is 0 Å². The Bertz CT molecular complexity index is 1380. The van der Waals surface area contributed by atoms with Crippen molar-refractivity contribution in [3.63, 3.8) is 0 Å². The molecule has 0 radical (unpaired) electrons. The number of nitrogens with zero attached hydrogens (tertiary/aromatic N) is 2. The highest BCUT2D eigenvalue weighted by atomic mass is 16.5. The molecule has 182 valence electrons. The summed E-state index contributed by atoms with van der Waals surface area (Å²) in [5.41, 5.74) is 6.69. The van der Waals surface area contributed by atoms with Crippen LogP contribution in [0, 0.1) is 6.92 Å². The van der Waals surface area contributed by atoms with Gasteiger partial charge in [0.1, 0.15) is 0 Å². The minimum atomic E-state index is -0.743. The largest absolute Gasteiger partial charge is 0.481 e. The number of oxime groups is 1. The monoisotopic (exact) mass is 480 g/mol. The van der Waals surface area contributed by atoms with E-state index in [1.807, 2.05) is 73.7 Å². The third-order valence-electron chi connectivity index (χ3n) is 7.13. The molecule has 6 heteroatoms. The lowest BCUT2D eigenvalue weighted by Gasteiger charge is -2.11. The number of aromatic nitrogens is 1. The smallest absolute Gasteiger partial charge is 0.314 e. The van der Waals surface area contributed by atoms with Crippen molar-refractivity contribution in [2.75, 3.05) is 0 Å². The van der Waals surface area contributed by atoms with E-state index in [-0.39, 0.29) is 0 Å². The van der Waals surface area contributed by atoms with Crippen molar-refractivity contribution < 1.29 is 19.6 Å². The van der Waals surface area contributed by atoms with Crippen molar-refractivity contribution >= 4 is 11.7 Å². The molecule has 4 aromatic rings. The standard InChI is InChI=1S/C30H28N2O4/c1-20-27(19-26(31-35)16-7-21-5-3-2-4-6-21)28(36-32-20)24-10-8-22(9-11-24)23-12-14-25(15-13-23)30(17-18-30)29(33)34/h2-6,8-15,35H,7,16-19H2,1H3,(H,33,34)/b31-26+. The van der Waals surface area contributed by atoms with Crippen LogP contribution in [0.5, 0.6) is 0 Å². The predicted molar refractivity (Wildman–Crippen MR) is 138 cm³/mol. The molecule has 1 aliphatic rings. The molecule has 1 aliphatic carbocycles. The fourth-order valence-electron chi connectivity index (χ4n) is 4.68. The normalized spacial score (nSPS) is 14.5. The third kappa shape index (κ3) is 4.67. The molecule has 1 heterocycles. The Kier molecular flexibility index (Phi) is 6.42. The van der Waals surface area contributed by atoms with Gasteiger partial charge in [-0.1, -0.05) is 89.2 Å². The fourth-order valence-corrected chi connectivity index (χ4v) is 4.68. The van der Waals surface area contributed by atoms with Crippen molar-refractivity contribution in [3.8, 4) is 22.5 Å². The molecule has 36 heavy (non-hydrogen) atoms. The van der Waals surface area contributed by atoms with Crippen molar-refractivity contribution in [3.05, 3.63) is 101 Å². The third-order valence-corrected chi connectivity index (χ3v) is 7.13. The first-order valence-electron chi connectivity index (χ1n) is 12.1. The zero-order valence-corrected chi connectivity index (χ0v) is 20.1. The number of carboxylic acids is 1. The first kappa shape index (κ1) is 23.5. The molecule has 0 spiro atoms. The van der Waals surface area contributed by atoms with Gasteiger partial charge in [-0.2, -0.15) is 0 Å². The van der Waals surface area contributed by atoms with Crippen LogP contribution in [0.25, 0.3) is 22.5 Å². The van der Waals surface area contributed by atoms with Gasteiger partial charge >= 0.3 is 5.97 Å². The molecule has 3 aromatic carbocycles. The summed E-state index contributed by atoms with van der Waals surface area (Å²) in [5.74, 6) is -0.0698. The molecule has 6 nitrogen and oxygen atoms in total. The van der Waals surface area contributed by atoms with Crippen molar-refractivity contribution in [1.82, 2.24) is 5.16 Å². The summed E-state index contributed by atoms with van der Waals surface area (Å²) in [7, 11) is 0. The van der Waals surface area contributed by atoms with Crippen LogP contribution in [-0.4, -0.2) is 27.2 Å². The van der Waals surface area contributed by atoms with Crippen LogP contribution >= 0.6 is 0 Å². The Morgan fingerprint density at radius 1 is 0.944 bits per heavy atom. The van der Waals surface area contributed by atoms with Gasteiger partial charge in [-0.15, -0.1) is 0 Å². The maximum atomic E-state index is 11.6. The SMILES string of the molecule is Cc1noc(-c2ccc(-c3ccc(C4(C(=O)O)CC4)cc3)cc2)c1C/C(CCc1ccccc1)=N/O. The van der Waals surface area contributed by atoms with Gasteiger partial charge in [-0.3, -0.25) is 4.79 Å². The lowest BCUT2D eigenvalue weighted by atomic mass is 9.93. The molecule has 0 bridgehead atoms. The van der Waals surface area contributed by atoms with Gasteiger partial charge in [0.2, 0.25) is 0 Å². The molecule has 1 fully saturated rings. The van der Waals surface area contributed by atoms with Crippen LogP contribution in [-0.2, 0) is 23.1 Å². The Morgan fingerprint density at radius 2 is 1.56 bits per heavy atom. The highest BCUT2D eigenvalue weighted by Gasteiger charge is 2.51. The number of carbonyl (C=O) groups is 1. The van der Waals surface area contributed by atoms with E-state index in [0.717, 1.165) is 39.9 Å². The number of hydrogen-bond donors (Lipinski definition) is 2. The number of aryl methyl sites for hydroxylation is 2. The molecular formula is C30H28N2O4. The lowest BCUT2D eigenvalue weighted by molar-refractivity contribution is -0.140. The maximum absolute atomic E-state index is 11.6. The molecule has 0 aliphatic heterocycles. The highest BCUT2D eigenvalue weighted by Crippen LogP contribution is 2.48. The summed E-state index contributed by atoms with van der Waals surface area (Å²) >= 11 is 0. The van der Waals surface area contributed by atoms with Crippen LogP contribution in [0.15, 0.2) is 88.5 Å². The molecule has 2 N–H and O–H groups in total. The van der Waals surface area contributed by atoms with E-state index in [1.165, 1.54) is 5.56 Å². The maximum Gasteiger partial charge on any atom is 0.314 e. The molecule has 0 unspecified atom stereocenters. The van der Waals surface area contributed by atoms with Crippen molar-refractivity contribution in [2.45, 2.75) is 44.4 Å². The van der Waals surface area contributed by atoms with E-state index in [4.69, 9.17) is 4.52 Å². The van der Waals surface area contributed by atoms with Crippen LogP contribution in [0.4, 0.5) is 0 Å². The van der Waals surface area contributed by atoms with E-state index in [0.29, 0.717) is 37.2 Å². The van der Waals surface area contributed by atoms with Gasteiger partial charge in [-0.25, -0.2) is 0 Å². The van der Waals surface area contributed by atoms with Gasteiger partial charge in [0, 0.05) is 17.5 Å². The van der Waals surface area contributed by atoms with E-state index >= 15 is 0 Å². The van der Waals surface area contributed by atoms with Crippen LogP contribution in [0.3, 0.4) is 0 Å². The minimum Gasteiger partial charge on any atom is -0.481 e. The van der Waals surface area contributed by atoms with E-state index in [1.54, 1.807) is 0 Å². The van der Waals surface area contributed by atoms with E-state index in [2.05, 4.69) is 22.4 Å². The average molecular weight is 481 g/mol. The van der Waals surface area contributed by atoms with Gasteiger partial charge in [0.25, 0.3) is 0 Å². The molecule has 0 atom stereocenters. The Labute approximate surface area is 209 Å². The first-order chi connectivity index (χ1) is 17.5. The van der Waals surface area contributed by atoms with Gasteiger partial charge in [0.15, 0.2) is 5.76 Å². The zero-order chi connectivity index (χ0) is 25.1. The summed E-state index contributed by atoms with van der Waals surface area (Å²) < 4.78 is 5.68. The fraction of sp³-hybridized carbons (Fsp3) is 0.233. The van der Waals surface area contributed by atoms with Gasteiger partial charge in [0.05, 0.1) is 16.8 Å². The van der Waals surface area contributed by atoms with Crippen LogP contribution in [0.1, 0.15) is 41.6 Å². The molecule has 1 saturated carbocycles. The summed E-state index contributed by atoms with van der Waals surface area (Å²) in [6.07, 6.45) is 3.29. The van der Waals surface area contributed by atoms with Crippen LogP contribution < -0.4 is 0 Å². The minimum absolute atomic E-state index is 0.461. The topological polar surface area (TPSA) is 95.9 Å². The number of hydrogen-bond acceptors (Lipinski definition) is 5. The van der Waals surface area contributed by atoms with E-state index < -0.39 is 11.4 Å². The number of aliphatic carboxylic acids is 1. The first-order valence-corrected chi connectivity index (χ1v) is 12.1. The molecule has 1 aromatic heterocycles. The summed E-state index contributed by atoms with van der Waals surface area (Å²) in [6, 6.07) is 26.0. The highest BCUT2D eigenvalue weighted by molar-refractivity contribution is 5.88. The zero-order valence-electron chi connectivity index (χ0n) is 20.1. The number of benzene rings is 3. The summed E-state index contributed by atoms with van der Waals surface area (Å²) in [5, 5.41) is 26.9. The van der Waals surface area contributed by atoms with Gasteiger partial charge in [-0.05, 0) is 54.9 Å². The molecular weight excluding hydrogens is 452 g/mol. The quantitative estimate of drug-likeness (QED) is 0.163. The summed E-state index contributed by atoms with van der Waals surface area (Å²) in [6.45, 7) is 1.90. The average Bonchev–Trinajstić information content (AvgIpc) is 3.66. The number of rotatable bonds is 9.